The van der Waals surface area contributed by atoms with E-state index in [-0.39, 0.29) is 17.2 Å². The van der Waals surface area contributed by atoms with E-state index >= 15 is 0 Å². The number of nitrogens with one attached hydrogen (secondary N) is 2. The summed E-state index contributed by atoms with van der Waals surface area (Å²) in [6.45, 7) is 0.529. The van der Waals surface area contributed by atoms with Gasteiger partial charge in [-0.1, -0.05) is 18.2 Å². The van der Waals surface area contributed by atoms with Crippen LogP contribution in [0.15, 0.2) is 76.4 Å². The number of pyridine rings is 1. The smallest absolute Gasteiger partial charge is 0.181 e. The molecule has 1 aromatic carbocycles. The molecule has 9 nitrogen and oxygen atoms in total. The topological polar surface area (TPSA) is 175 Å². The Kier molecular flexibility index (Phi) is 6.22. The van der Waals surface area contributed by atoms with E-state index in [4.69, 9.17) is 32.0 Å². The summed E-state index contributed by atoms with van der Waals surface area (Å²) in [6, 6.07) is 14.5. The Labute approximate surface area is 172 Å². The molecule has 0 aliphatic carbocycles. The molecule has 1 aliphatic heterocycles. The number of allylic oxidation sites excluding steroid dienone is 1. The third-order valence-corrected chi connectivity index (χ3v) is 4.12. The van der Waals surface area contributed by atoms with E-state index in [1.165, 1.54) is 12.6 Å². The van der Waals surface area contributed by atoms with Crippen molar-refractivity contribution in [2.75, 3.05) is 0 Å². The lowest BCUT2D eigenvalue weighted by molar-refractivity contribution is 0.546. The third kappa shape index (κ3) is 4.35. The van der Waals surface area contributed by atoms with Crippen molar-refractivity contribution in [2.45, 2.75) is 6.54 Å². The van der Waals surface area contributed by atoms with Crippen LogP contribution in [0.2, 0.25) is 0 Å². The standard InChI is InChI=1S/C15H10N6O.C6H8N2/c16-5-8-2-1-3-9(4-8)14-11(10-6-20-7-22-10)12(17)13(18)15(19)21-14;7-5-6-3-1-2-4-8-6/h1-4,6-7,18-19H,17H2;1-4H,5,7H2. The first-order valence-corrected chi connectivity index (χ1v) is 8.81. The van der Waals surface area contributed by atoms with Crippen LogP contribution in [0.25, 0.3) is 5.57 Å². The zero-order valence-corrected chi connectivity index (χ0v) is 15.8. The number of dihydropyridines is 1. The maximum Gasteiger partial charge on any atom is 0.181 e. The molecule has 0 fully saturated rings. The average molecular weight is 398 g/mol. The summed E-state index contributed by atoms with van der Waals surface area (Å²) in [4.78, 5) is 12.0. The number of benzene rings is 1. The lowest BCUT2D eigenvalue weighted by Gasteiger charge is -2.18. The molecule has 4 rings (SSSR count). The second kappa shape index (κ2) is 9.18. The van der Waals surface area contributed by atoms with E-state index in [0.717, 1.165) is 5.69 Å². The van der Waals surface area contributed by atoms with Crippen LogP contribution in [0, 0.1) is 22.1 Å². The summed E-state index contributed by atoms with van der Waals surface area (Å²) in [5.41, 5.74) is 14.0. The van der Waals surface area contributed by atoms with Crippen molar-refractivity contribution in [2.24, 2.45) is 16.5 Å². The highest BCUT2D eigenvalue weighted by molar-refractivity contribution is 6.55. The molecule has 3 aromatic rings. The number of nitriles is 1. The van der Waals surface area contributed by atoms with Gasteiger partial charge < -0.3 is 15.9 Å². The Hall–Kier alpha value is -4.42. The summed E-state index contributed by atoms with van der Waals surface area (Å²) in [6.07, 6.45) is 4.46. The second-order valence-corrected chi connectivity index (χ2v) is 6.06. The quantitative estimate of drug-likeness (QED) is 0.526. The molecule has 0 unspecified atom stereocenters. The van der Waals surface area contributed by atoms with Gasteiger partial charge in [0.2, 0.25) is 0 Å². The van der Waals surface area contributed by atoms with E-state index in [1.807, 2.05) is 18.2 Å². The van der Waals surface area contributed by atoms with Gasteiger partial charge in [-0.25, -0.2) is 9.98 Å². The molecule has 0 radical (unpaired) electrons. The molecule has 0 bridgehead atoms. The highest BCUT2D eigenvalue weighted by Crippen LogP contribution is 2.26. The number of nitrogens with zero attached hydrogens (tertiary/aromatic N) is 4. The lowest BCUT2D eigenvalue weighted by atomic mass is 9.93. The van der Waals surface area contributed by atoms with Crippen molar-refractivity contribution in [1.82, 2.24) is 9.97 Å². The van der Waals surface area contributed by atoms with Crippen LogP contribution in [0.3, 0.4) is 0 Å². The monoisotopic (exact) mass is 398 g/mol. The van der Waals surface area contributed by atoms with E-state index in [9.17, 15) is 0 Å². The van der Waals surface area contributed by atoms with Crippen molar-refractivity contribution in [3.8, 4) is 6.07 Å². The van der Waals surface area contributed by atoms with Crippen LogP contribution in [0.1, 0.15) is 22.6 Å². The molecule has 9 heteroatoms. The third-order valence-electron chi connectivity index (χ3n) is 4.12. The van der Waals surface area contributed by atoms with Gasteiger partial charge in [-0.3, -0.25) is 15.8 Å². The molecule has 0 saturated carbocycles. The summed E-state index contributed by atoms with van der Waals surface area (Å²) in [7, 11) is 0. The Morgan fingerprint density at radius 3 is 2.57 bits per heavy atom. The number of hydrogen-bond donors (Lipinski definition) is 4. The maximum atomic E-state index is 9.02. The van der Waals surface area contributed by atoms with Gasteiger partial charge >= 0.3 is 0 Å². The number of nitrogens with two attached hydrogens (primary N) is 2. The van der Waals surface area contributed by atoms with Gasteiger partial charge in [-0.15, -0.1) is 0 Å². The molecule has 1 aliphatic rings. The minimum absolute atomic E-state index is 0.0918. The van der Waals surface area contributed by atoms with Crippen molar-refractivity contribution >= 4 is 22.8 Å². The predicted molar refractivity (Wildman–Crippen MR) is 113 cm³/mol. The Morgan fingerprint density at radius 1 is 1.13 bits per heavy atom. The van der Waals surface area contributed by atoms with Gasteiger partial charge in [0.05, 0.1) is 40.5 Å². The number of rotatable bonds is 3. The number of hydrogen-bond acceptors (Lipinski definition) is 8. The average Bonchev–Trinajstić information content (AvgIpc) is 3.32. The van der Waals surface area contributed by atoms with Gasteiger partial charge in [-0.05, 0) is 24.3 Å². The summed E-state index contributed by atoms with van der Waals surface area (Å²) in [5.74, 6) is 0.119. The molecular formula is C21H18N8O. The molecule has 2 aromatic heterocycles. The zero-order chi connectivity index (χ0) is 21.5. The van der Waals surface area contributed by atoms with E-state index in [1.54, 1.807) is 30.5 Å². The molecule has 0 spiro atoms. The Bertz CT molecular complexity index is 1170. The summed E-state index contributed by atoms with van der Waals surface area (Å²) in [5, 5.41) is 24.6. The van der Waals surface area contributed by atoms with Gasteiger partial charge in [0, 0.05) is 18.3 Å². The van der Waals surface area contributed by atoms with Gasteiger partial charge in [0.1, 0.15) is 5.71 Å². The number of oxazole rings is 1. The van der Waals surface area contributed by atoms with E-state index < -0.39 is 0 Å². The number of amidine groups is 1. The highest BCUT2D eigenvalue weighted by Gasteiger charge is 2.27. The lowest BCUT2D eigenvalue weighted by Crippen LogP contribution is -2.28. The molecule has 0 amide bonds. The van der Waals surface area contributed by atoms with Crippen molar-refractivity contribution in [3.63, 3.8) is 0 Å². The first-order chi connectivity index (χ1) is 14.5. The second-order valence-electron chi connectivity index (χ2n) is 6.06. The minimum atomic E-state index is -0.238. The van der Waals surface area contributed by atoms with Crippen LogP contribution in [0.4, 0.5) is 0 Å². The summed E-state index contributed by atoms with van der Waals surface area (Å²) >= 11 is 0. The van der Waals surface area contributed by atoms with Crippen LogP contribution in [0.5, 0.6) is 0 Å². The van der Waals surface area contributed by atoms with Crippen LogP contribution in [-0.2, 0) is 6.54 Å². The van der Waals surface area contributed by atoms with E-state index in [2.05, 4.69) is 21.0 Å². The largest absolute Gasteiger partial charge is 0.443 e. The summed E-state index contributed by atoms with van der Waals surface area (Å²) < 4.78 is 5.27. The Balaban J connectivity index is 0.000000269. The molecule has 3 heterocycles. The van der Waals surface area contributed by atoms with Crippen LogP contribution >= 0.6 is 0 Å². The predicted octanol–water partition coefficient (Wildman–Crippen LogP) is 2.26. The minimum Gasteiger partial charge on any atom is -0.443 e. The molecule has 6 N–H and O–H groups in total. The first-order valence-electron chi connectivity index (χ1n) is 8.81. The number of aromatic nitrogens is 2. The maximum absolute atomic E-state index is 9.02. The molecule has 0 saturated heterocycles. The normalized spacial score (nSPS) is 13.3. The highest BCUT2D eigenvalue weighted by atomic mass is 16.3. The molecule has 30 heavy (non-hydrogen) atoms. The number of aliphatic imine (C=N–C) groups is 1. The van der Waals surface area contributed by atoms with Gasteiger partial charge in [-0.2, -0.15) is 5.26 Å². The van der Waals surface area contributed by atoms with Crippen molar-refractivity contribution in [3.05, 3.63) is 89.5 Å². The fourth-order valence-corrected chi connectivity index (χ4v) is 2.66. The molecule has 0 atom stereocenters. The molecule has 148 valence electrons. The van der Waals surface area contributed by atoms with Crippen LogP contribution in [-0.4, -0.2) is 27.2 Å². The molecular weight excluding hydrogens is 380 g/mol. The fraction of sp³-hybridized carbons (Fsp3) is 0.0476. The van der Waals surface area contributed by atoms with Crippen molar-refractivity contribution < 1.29 is 4.42 Å². The Morgan fingerprint density at radius 2 is 1.97 bits per heavy atom. The van der Waals surface area contributed by atoms with Gasteiger partial charge in [0.15, 0.2) is 18.0 Å². The SMILES string of the molecule is N#Cc1cccc(C2=NC(=N)C(=N)C(N)=C2c2cnco2)c1.NCc1ccccn1. The fourth-order valence-electron chi connectivity index (χ4n) is 2.66. The van der Waals surface area contributed by atoms with Crippen LogP contribution < -0.4 is 11.5 Å². The first kappa shape index (κ1) is 20.3. The van der Waals surface area contributed by atoms with E-state index in [0.29, 0.717) is 34.7 Å². The van der Waals surface area contributed by atoms with Crippen molar-refractivity contribution in [1.29, 1.82) is 16.1 Å². The van der Waals surface area contributed by atoms with Gasteiger partial charge in [0.25, 0.3) is 0 Å². The zero-order valence-electron chi connectivity index (χ0n) is 15.8.